The first-order chi connectivity index (χ1) is 12.9. The summed E-state index contributed by atoms with van der Waals surface area (Å²) >= 11 is 6.10. The van der Waals surface area contributed by atoms with E-state index < -0.39 is 16.0 Å². The van der Waals surface area contributed by atoms with Crippen molar-refractivity contribution in [3.8, 4) is 5.75 Å². The summed E-state index contributed by atoms with van der Waals surface area (Å²) in [5.74, 6) is 0.0971. The van der Waals surface area contributed by atoms with Crippen LogP contribution in [0.3, 0.4) is 0 Å². The summed E-state index contributed by atoms with van der Waals surface area (Å²) in [7, 11) is -2.15. The fourth-order valence-corrected chi connectivity index (χ4v) is 4.87. The Bertz CT molecular complexity index is 922. The molecule has 0 aliphatic carbocycles. The van der Waals surface area contributed by atoms with E-state index in [9.17, 15) is 13.2 Å². The van der Waals surface area contributed by atoms with Crippen LogP contribution in [0.4, 0.5) is 0 Å². The van der Waals surface area contributed by atoms with Crippen LogP contribution in [0, 0.1) is 0 Å². The average molecular weight is 410 g/mol. The normalized spacial score (nSPS) is 14.9. The lowest BCUT2D eigenvalue weighted by molar-refractivity contribution is 0.0472. The van der Waals surface area contributed by atoms with Gasteiger partial charge in [-0.15, -0.1) is 0 Å². The predicted molar refractivity (Wildman–Crippen MR) is 102 cm³/mol. The van der Waals surface area contributed by atoms with Crippen molar-refractivity contribution in [3.05, 3.63) is 58.6 Å². The Kier molecular flexibility index (Phi) is 6.04. The van der Waals surface area contributed by atoms with Crippen LogP contribution >= 0.6 is 11.6 Å². The number of nitrogens with zero attached hydrogens (tertiary/aromatic N) is 1. The lowest BCUT2D eigenvalue weighted by atomic mass is 10.2. The standard InChI is InChI=1S/C19H20ClNO5S/c1-25-16-7-4-14(5-8-16)13-26-19(22)15-6-9-17(20)18(12-15)27(23,24)21-10-2-3-11-21/h4-9,12H,2-3,10-11,13H2,1H3. The molecule has 0 N–H and O–H groups in total. The van der Waals surface area contributed by atoms with Gasteiger partial charge in [0.2, 0.25) is 10.0 Å². The van der Waals surface area contributed by atoms with Gasteiger partial charge in [-0.05, 0) is 48.7 Å². The van der Waals surface area contributed by atoms with Gasteiger partial charge in [0, 0.05) is 13.1 Å². The van der Waals surface area contributed by atoms with Crippen LogP contribution in [-0.2, 0) is 21.4 Å². The maximum atomic E-state index is 12.7. The molecule has 1 heterocycles. The Hall–Kier alpha value is -2.09. The molecule has 0 radical (unpaired) electrons. The van der Waals surface area contributed by atoms with E-state index in [-0.39, 0.29) is 22.1 Å². The van der Waals surface area contributed by atoms with E-state index in [1.807, 2.05) is 0 Å². The second-order valence-electron chi connectivity index (χ2n) is 6.18. The third-order valence-electron chi connectivity index (χ3n) is 4.38. The summed E-state index contributed by atoms with van der Waals surface area (Å²) in [4.78, 5) is 12.3. The van der Waals surface area contributed by atoms with Crippen molar-refractivity contribution in [2.75, 3.05) is 20.2 Å². The summed E-state index contributed by atoms with van der Waals surface area (Å²) in [5.41, 5.74) is 0.939. The minimum Gasteiger partial charge on any atom is -0.497 e. The molecule has 144 valence electrons. The molecular formula is C19H20ClNO5S. The Morgan fingerprint density at radius 1 is 1.11 bits per heavy atom. The van der Waals surface area contributed by atoms with Crippen molar-refractivity contribution in [1.82, 2.24) is 4.31 Å². The van der Waals surface area contributed by atoms with Crippen LogP contribution in [0.15, 0.2) is 47.4 Å². The molecule has 0 saturated carbocycles. The molecule has 0 spiro atoms. The summed E-state index contributed by atoms with van der Waals surface area (Å²) in [6.07, 6.45) is 1.64. The van der Waals surface area contributed by atoms with E-state index in [1.165, 1.54) is 22.5 Å². The highest BCUT2D eigenvalue weighted by Gasteiger charge is 2.29. The molecule has 1 fully saturated rings. The molecule has 27 heavy (non-hydrogen) atoms. The number of carbonyl (C=O) groups is 1. The summed E-state index contributed by atoms with van der Waals surface area (Å²) < 4.78 is 37.3. The van der Waals surface area contributed by atoms with Gasteiger partial charge in [-0.1, -0.05) is 23.7 Å². The van der Waals surface area contributed by atoms with Gasteiger partial charge >= 0.3 is 5.97 Å². The van der Waals surface area contributed by atoms with Crippen molar-refractivity contribution < 1.29 is 22.7 Å². The van der Waals surface area contributed by atoms with E-state index in [1.54, 1.807) is 31.4 Å². The maximum Gasteiger partial charge on any atom is 0.338 e. The number of rotatable bonds is 6. The number of carbonyl (C=O) groups excluding carboxylic acids is 1. The van der Waals surface area contributed by atoms with Crippen LogP contribution in [0.25, 0.3) is 0 Å². The smallest absolute Gasteiger partial charge is 0.338 e. The molecule has 1 aliphatic heterocycles. The first-order valence-corrected chi connectivity index (χ1v) is 10.3. The van der Waals surface area contributed by atoms with Crippen molar-refractivity contribution in [3.63, 3.8) is 0 Å². The molecule has 6 nitrogen and oxygen atoms in total. The van der Waals surface area contributed by atoms with Crippen molar-refractivity contribution in [2.45, 2.75) is 24.3 Å². The number of benzene rings is 2. The van der Waals surface area contributed by atoms with Crippen LogP contribution in [0.1, 0.15) is 28.8 Å². The van der Waals surface area contributed by atoms with Crippen LogP contribution in [0.2, 0.25) is 5.02 Å². The van der Waals surface area contributed by atoms with Crippen molar-refractivity contribution in [2.24, 2.45) is 0 Å². The molecule has 0 bridgehead atoms. The lowest BCUT2D eigenvalue weighted by Gasteiger charge is -2.17. The third kappa shape index (κ3) is 4.43. The quantitative estimate of drug-likeness (QED) is 0.683. The molecule has 0 unspecified atom stereocenters. The van der Waals surface area contributed by atoms with Gasteiger partial charge in [0.25, 0.3) is 0 Å². The second kappa shape index (κ2) is 8.29. The van der Waals surface area contributed by atoms with Crippen LogP contribution in [0.5, 0.6) is 5.75 Å². The fraction of sp³-hybridized carbons (Fsp3) is 0.316. The molecule has 3 rings (SSSR count). The van der Waals surface area contributed by atoms with E-state index in [4.69, 9.17) is 21.1 Å². The summed E-state index contributed by atoms with van der Waals surface area (Å²) in [6, 6.07) is 11.3. The Morgan fingerprint density at radius 2 is 1.78 bits per heavy atom. The molecule has 2 aromatic carbocycles. The minimum atomic E-state index is -3.72. The van der Waals surface area contributed by atoms with Crippen molar-refractivity contribution >= 4 is 27.6 Å². The maximum absolute atomic E-state index is 12.7. The van der Waals surface area contributed by atoms with Gasteiger partial charge in [-0.2, -0.15) is 4.31 Å². The van der Waals surface area contributed by atoms with E-state index in [0.717, 1.165) is 18.4 Å². The summed E-state index contributed by atoms with van der Waals surface area (Å²) in [5, 5.41) is 0.0913. The topological polar surface area (TPSA) is 72.9 Å². The minimum absolute atomic E-state index is 0.0648. The number of ether oxygens (including phenoxy) is 2. The predicted octanol–water partition coefficient (Wildman–Crippen LogP) is 3.49. The van der Waals surface area contributed by atoms with E-state index in [2.05, 4.69) is 0 Å². The fourth-order valence-electron chi connectivity index (χ4n) is 2.85. The van der Waals surface area contributed by atoms with Gasteiger partial charge in [0.15, 0.2) is 0 Å². The lowest BCUT2D eigenvalue weighted by Crippen LogP contribution is -2.28. The first kappa shape index (κ1) is 19.7. The number of esters is 1. The third-order valence-corrected chi connectivity index (χ3v) is 6.76. The molecule has 0 amide bonds. The van der Waals surface area contributed by atoms with Crippen LogP contribution < -0.4 is 4.74 Å². The largest absolute Gasteiger partial charge is 0.497 e. The second-order valence-corrected chi connectivity index (χ2v) is 8.49. The van der Waals surface area contributed by atoms with E-state index >= 15 is 0 Å². The Balaban J connectivity index is 1.75. The number of sulfonamides is 1. The molecule has 1 saturated heterocycles. The highest BCUT2D eigenvalue weighted by molar-refractivity contribution is 7.89. The zero-order valence-corrected chi connectivity index (χ0v) is 16.4. The zero-order chi connectivity index (χ0) is 19.4. The Morgan fingerprint density at radius 3 is 2.41 bits per heavy atom. The summed E-state index contributed by atoms with van der Waals surface area (Å²) in [6.45, 7) is 0.995. The molecule has 1 aliphatic rings. The number of hydrogen-bond donors (Lipinski definition) is 0. The SMILES string of the molecule is COc1ccc(COC(=O)c2ccc(Cl)c(S(=O)(=O)N3CCCC3)c2)cc1. The zero-order valence-electron chi connectivity index (χ0n) is 14.9. The monoisotopic (exact) mass is 409 g/mol. The highest BCUT2D eigenvalue weighted by Crippen LogP contribution is 2.28. The highest BCUT2D eigenvalue weighted by atomic mass is 35.5. The number of halogens is 1. The van der Waals surface area contributed by atoms with Crippen LogP contribution in [-0.4, -0.2) is 38.9 Å². The number of methoxy groups -OCH3 is 1. The average Bonchev–Trinajstić information content (AvgIpc) is 3.22. The van der Waals surface area contributed by atoms with Gasteiger partial charge in [0.1, 0.15) is 17.3 Å². The first-order valence-electron chi connectivity index (χ1n) is 8.51. The molecule has 8 heteroatoms. The van der Waals surface area contributed by atoms with Gasteiger partial charge in [0.05, 0.1) is 17.7 Å². The van der Waals surface area contributed by atoms with Crippen molar-refractivity contribution in [1.29, 1.82) is 0 Å². The molecular weight excluding hydrogens is 390 g/mol. The molecule has 0 atom stereocenters. The van der Waals surface area contributed by atoms with E-state index in [0.29, 0.717) is 18.8 Å². The Labute approximate surface area is 163 Å². The van der Waals surface area contributed by atoms with Gasteiger partial charge in [-0.25, -0.2) is 13.2 Å². The molecule has 2 aromatic rings. The van der Waals surface area contributed by atoms with Gasteiger partial charge in [-0.3, -0.25) is 0 Å². The number of hydrogen-bond acceptors (Lipinski definition) is 5. The molecule has 0 aromatic heterocycles. The van der Waals surface area contributed by atoms with Gasteiger partial charge < -0.3 is 9.47 Å².